The van der Waals surface area contributed by atoms with Crippen molar-refractivity contribution < 1.29 is 19.4 Å². The van der Waals surface area contributed by atoms with E-state index in [4.69, 9.17) is 4.74 Å². The highest BCUT2D eigenvalue weighted by atomic mass is 16.5. The average Bonchev–Trinajstić information content (AvgIpc) is 3.33. The number of hydrogen-bond acceptors (Lipinski definition) is 7. The number of ketones is 1. The number of rotatable bonds is 7. The molecule has 0 aliphatic heterocycles. The average molecular weight is 367 g/mol. The Kier molecular flexibility index (Phi) is 5.41. The number of aliphatic hydroxyl groups is 1. The van der Waals surface area contributed by atoms with E-state index in [1.165, 1.54) is 12.4 Å². The lowest BCUT2D eigenvalue weighted by atomic mass is 10.2. The molecule has 9 heteroatoms. The van der Waals surface area contributed by atoms with Crippen LogP contribution < -0.4 is 0 Å². The van der Waals surface area contributed by atoms with Crippen LogP contribution in [0.4, 0.5) is 0 Å². The molecule has 138 valence electrons. The monoisotopic (exact) mass is 367 g/mol. The highest BCUT2D eigenvalue weighted by Crippen LogP contribution is 2.16. The van der Waals surface area contributed by atoms with Crippen LogP contribution >= 0.6 is 0 Å². The lowest BCUT2D eigenvalue weighted by Crippen LogP contribution is -2.08. The van der Waals surface area contributed by atoms with Crippen LogP contribution in [0.1, 0.15) is 39.2 Å². The summed E-state index contributed by atoms with van der Waals surface area (Å²) in [5.41, 5.74) is 1.37. The van der Waals surface area contributed by atoms with Gasteiger partial charge >= 0.3 is 5.97 Å². The Bertz CT molecular complexity index is 961. The third-order valence-electron chi connectivity index (χ3n) is 3.67. The minimum Gasteiger partial charge on any atom is -0.504 e. The first kappa shape index (κ1) is 18.1. The number of carbonyl (C=O) groups excluding carboxylic acids is 2. The molecule has 3 heterocycles. The Balaban J connectivity index is 1.95. The standard InChI is InChI=1S/C18H17N5O4/c1-2-27-18(26)13-7-14(15(24)8-16(25)17-20-11-21-22-17)23(10-13)9-12-3-5-19-6-4-12/h3-8,10-11,25H,2,9H2,1H3,(H,20,21,22). The van der Waals surface area contributed by atoms with Gasteiger partial charge in [0.1, 0.15) is 6.33 Å². The minimum atomic E-state index is -0.526. The van der Waals surface area contributed by atoms with Gasteiger partial charge in [0.2, 0.25) is 11.6 Å². The Morgan fingerprint density at radius 1 is 1.33 bits per heavy atom. The van der Waals surface area contributed by atoms with E-state index in [-0.39, 0.29) is 29.4 Å². The Morgan fingerprint density at radius 2 is 2.11 bits per heavy atom. The van der Waals surface area contributed by atoms with Crippen LogP contribution in [0.5, 0.6) is 0 Å². The minimum absolute atomic E-state index is 0.00112. The van der Waals surface area contributed by atoms with Crippen LogP contribution in [0, 0.1) is 0 Å². The predicted octanol–water partition coefficient (Wildman–Crippen LogP) is 2.01. The maximum absolute atomic E-state index is 12.7. The molecule has 0 fully saturated rings. The van der Waals surface area contributed by atoms with Gasteiger partial charge in [-0.15, -0.1) is 0 Å². The molecule has 2 N–H and O–H groups in total. The lowest BCUT2D eigenvalue weighted by molar-refractivity contribution is 0.0526. The maximum Gasteiger partial charge on any atom is 0.339 e. The molecular weight excluding hydrogens is 350 g/mol. The van der Waals surface area contributed by atoms with Crippen molar-refractivity contribution in [2.45, 2.75) is 13.5 Å². The highest BCUT2D eigenvalue weighted by Gasteiger charge is 2.18. The number of allylic oxidation sites excluding steroid dienone is 1. The third kappa shape index (κ3) is 4.27. The van der Waals surface area contributed by atoms with E-state index >= 15 is 0 Å². The highest BCUT2D eigenvalue weighted by molar-refractivity contribution is 6.08. The van der Waals surface area contributed by atoms with Gasteiger partial charge in [0.25, 0.3) is 0 Å². The number of nitrogens with zero attached hydrogens (tertiary/aromatic N) is 4. The van der Waals surface area contributed by atoms with Crippen molar-refractivity contribution in [2.24, 2.45) is 0 Å². The number of carbonyl (C=O) groups is 2. The van der Waals surface area contributed by atoms with Gasteiger partial charge in [-0.25, -0.2) is 9.78 Å². The molecule has 0 atom stereocenters. The van der Waals surface area contributed by atoms with E-state index in [0.717, 1.165) is 11.6 Å². The van der Waals surface area contributed by atoms with Crippen molar-refractivity contribution in [2.75, 3.05) is 6.61 Å². The fourth-order valence-electron chi connectivity index (χ4n) is 2.45. The number of ether oxygens (including phenoxy) is 1. The van der Waals surface area contributed by atoms with E-state index in [2.05, 4.69) is 20.2 Å². The molecular formula is C18H17N5O4. The third-order valence-corrected chi connectivity index (χ3v) is 3.67. The Hall–Kier alpha value is -3.75. The first-order valence-corrected chi connectivity index (χ1v) is 8.15. The van der Waals surface area contributed by atoms with E-state index in [1.807, 2.05) is 0 Å². The zero-order valence-electron chi connectivity index (χ0n) is 14.5. The topological polar surface area (TPSA) is 123 Å². The Morgan fingerprint density at radius 3 is 2.78 bits per heavy atom. The molecule has 9 nitrogen and oxygen atoms in total. The van der Waals surface area contributed by atoms with E-state index in [0.29, 0.717) is 6.54 Å². The van der Waals surface area contributed by atoms with Gasteiger partial charge in [-0.2, -0.15) is 5.10 Å². The number of hydrogen-bond donors (Lipinski definition) is 2. The number of nitrogens with one attached hydrogen (secondary N) is 1. The van der Waals surface area contributed by atoms with Gasteiger partial charge < -0.3 is 14.4 Å². The van der Waals surface area contributed by atoms with Gasteiger partial charge in [0, 0.05) is 31.2 Å². The molecule has 0 saturated heterocycles. The number of aliphatic hydroxyl groups excluding tert-OH is 1. The van der Waals surface area contributed by atoms with Crippen LogP contribution in [0.2, 0.25) is 0 Å². The SMILES string of the molecule is CCOC(=O)c1cc(C(=O)C=C(O)c2nc[nH]n2)n(Cc2ccncc2)c1. The number of aromatic amines is 1. The molecule has 3 aromatic rings. The molecule has 0 aromatic carbocycles. The first-order valence-electron chi connectivity index (χ1n) is 8.15. The summed E-state index contributed by atoms with van der Waals surface area (Å²) in [6, 6.07) is 5.04. The van der Waals surface area contributed by atoms with Crippen molar-refractivity contribution in [1.29, 1.82) is 0 Å². The molecule has 0 saturated carbocycles. The second-order valence-electron chi connectivity index (χ2n) is 5.53. The first-order chi connectivity index (χ1) is 13.1. The van der Waals surface area contributed by atoms with Crippen molar-refractivity contribution in [3.05, 3.63) is 71.8 Å². The van der Waals surface area contributed by atoms with Gasteiger partial charge in [-0.05, 0) is 30.7 Å². The maximum atomic E-state index is 12.7. The fourth-order valence-corrected chi connectivity index (χ4v) is 2.45. The summed E-state index contributed by atoms with van der Waals surface area (Å²) in [5, 5.41) is 16.2. The molecule has 0 radical (unpaired) electrons. The summed E-state index contributed by atoms with van der Waals surface area (Å²) in [5.74, 6) is -1.40. The fraction of sp³-hybridized carbons (Fsp3) is 0.167. The second kappa shape index (κ2) is 8.09. The normalized spacial score (nSPS) is 11.4. The largest absolute Gasteiger partial charge is 0.504 e. The molecule has 27 heavy (non-hydrogen) atoms. The zero-order chi connectivity index (χ0) is 19.2. The van der Waals surface area contributed by atoms with E-state index < -0.39 is 11.8 Å². The molecule has 0 amide bonds. The smallest absolute Gasteiger partial charge is 0.339 e. The number of H-pyrrole nitrogens is 1. The van der Waals surface area contributed by atoms with Gasteiger partial charge in [-0.3, -0.25) is 14.9 Å². The van der Waals surface area contributed by atoms with Crippen molar-refractivity contribution in [3.8, 4) is 0 Å². The quantitative estimate of drug-likeness (QED) is 0.283. The van der Waals surface area contributed by atoms with E-state index in [1.54, 1.807) is 42.2 Å². The van der Waals surface area contributed by atoms with Crippen molar-refractivity contribution in [3.63, 3.8) is 0 Å². The van der Waals surface area contributed by atoms with E-state index in [9.17, 15) is 14.7 Å². The lowest BCUT2D eigenvalue weighted by Gasteiger charge is -2.07. The summed E-state index contributed by atoms with van der Waals surface area (Å²) >= 11 is 0. The molecule has 0 unspecified atom stereocenters. The zero-order valence-corrected chi connectivity index (χ0v) is 14.5. The predicted molar refractivity (Wildman–Crippen MR) is 95.0 cm³/mol. The van der Waals surface area contributed by atoms with Crippen LogP contribution in [0.15, 0.2) is 49.2 Å². The van der Waals surface area contributed by atoms with Crippen LogP contribution in [0.25, 0.3) is 5.76 Å². The van der Waals surface area contributed by atoms with Crippen molar-refractivity contribution in [1.82, 2.24) is 24.7 Å². The summed E-state index contributed by atoms with van der Waals surface area (Å²) < 4.78 is 6.62. The van der Waals surface area contributed by atoms with Crippen LogP contribution in [-0.2, 0) is 11.3 Å². The summed E-state index contributed by atoms with van der Waals surface area (Å²) in [4.78, 5) is 32.5. The summed E-state index contributed by atoms with van der Waals surface area (Å²) in [7, 11) is 0. The second-order valence-corrected chi connectivity index (χ2v) is 5.53. The number of pyridine rings is 1. The van der Waals surface area contributed by atoms with Crippen LogP contribution in [0.3, 0.4) is 0 Å². The summed E-state index contributed by atoms with van der Waals surface area (Å²) in [6.07, 6.45) is 7.12. The molecule has 0 aliphatic carbocycles. The van der Waals surface area contributed by atoms with Gasteiger partial charge in [-0.1, -0.05) is 0 Å². The molecule has 3 rings (SSSR count). The van der Waals surface area contributed by atoms with Gasteiger partial charge in [0.05, 0.1) is 17.9 Å². The molecule has 3 aromatic heterocycles. The summed E-state index contributed by atoms with van der Waals surface area (Å²) in [6.45, 7) is 2.27. The molecule has 0 aliphatic rings. The number of esters is 1. The Labute approximate surface area is 154 Å². The molecule has 0 bridgehead atoms. The van der Waals surface area contributed by atoms with Crippen LogP contribution in [-0.4, -0.2) is 48.2 Å². The van der Waals surface area contributed by atoms with Crippen molar-refractivity contribution >= 4 is 17.5 Å². The molecule has 0 spiro atoms. The number of aromatic nitrogens is 5. The van der Waals surface area contributed by atoms with Gasteiger partial charge in [0.15, 0.2) is 5.76 Å².